The molecule has 0 aliphatic heterocycles. The number of fused-ring (bicyclic) bond motifs is 1. The van der Waals surface area contributed by atoms with Gasteiger partial charge in [0.15, 0.2) is 0 Å². The summed E-state index contributed by atoms with van der Waals surface area (Å²) in [5.41, 5.74) is 3.21. The van der Waals surface area contributed by atoms with Gasteiger partial charge in [0.25, 0.3) is 0 Å². The molecule has 0 saturated carbocycles. The van der Waals surface area contributed by atoms with Gasteiger partial charge in [-0.25, -0.2) is 0 Å². The maximum absolute atomic E-state index is 11.1. The van der Waals surface area contributed by atoms with Gasteiger partial charge in [-0.3, -0.25) is 4.79 Å². The van der Waals surface area contributed by atoms with Crippen molar-refractivity contribution in [1.82, 2.24) is 4.98 Å². The first-order valence-electron chi connectivity index (χ1n) is 5.37. The second-order valence-corrected chi connectivity index (χ2v) is 4.67. The molecule has 1 N–H and O–H groups in total. The molecule has 0 amide bonds. The molecule has 84 valence electrons. The number of nitrogens with one attached hydrogen (secondary N) is 1. The molecule has 2 nitrogen and oxygen atoms in total. The Morgan fingerprint density at radius 1 is 1.38 bits per heavy atom. The smallest absolute Gasteiger partial charge is 0.226 e. The normalized spacial score (nSPS) is 11.2. The number of para-hydroxylation sites is 1. The standard InChI is InChI=1S/C13H14ClNO/c1-8(2)13-10(7-12(14)16)9-5-3-4-6-11(9)15-13/h3-6,8,15H,7H2,1-2H3. The fraction of sp³-hybridized carbons (Fsp3) is 0.308. The van der Waals surface area contributed by atoms with Gasteiger partial charge in [0.05, 0.1) is 0 Å². The molecule has 0 spiro atoms. The largest absolute Gasteiger partial charge is 0.358 e. The number of H-pyrrole nitrogens is 1. The van der Waals surface area contributed by atoms with Crippen molar-refractivity contribution in [3.63, 3.8) is 0 Å². The first-order chi connectivity index (χ1) is 7.59. The van der Waals surface area contributed by atoms with Gasteiger partial charge in [0.1, 0.15) is 0 Å². The lowest BCUT2D eigenvalue weighted by Gasteiger charge is -2.05. The van der Waals surface area contributed by atoms with Crippen LogP contribution in [0.4, 0.5) is 0 Å². The van der Waals surface area contributed by atoms with Crippen LogP contribution in [0.25, 0.3) is 10.9 Å². The molecule has 1 aromatic heterocycles. The highest BCUT2D eigenvalue weighted by molar-refractivity contribution is 6.63. The number of aromatic nitrogens is 1. The molecule has 0 atom stereocenters. The third-order valence-corrected chi connectivity index (χ3v) is 2.87. The molecule has 0 bridgehead atoms. The number of hydrogen-bond acceptors (Lipinski definition) is 1. The molecule has 1 heterocycles. The van der Waals surface area contributed by atoms with Crippen LogP contribution in [0, 0.1) is 0 Å². The van der Waals surface area contributed by atoms with Crippen molar-refractivity contribution in [3.8, 4) is 0 Å². The van der Waals surface area contributed by atoms with Crippen molar-refractivity contribution in [1.29, 1.82) is 0 Å². The van der Waals surface area contributed by atoms with E-state index in [2.05, 4.69) is 18.8 Å². The maximum atomic E-state index is 11.1. The van der Waals surface area contributed by atoms with E-state index in [1.165, 1.54) is 0 Å². The Balaban J connectivity index is 2.64. The second kappa shape index (κ2) is 4.30. The van der Waals surface area contributed by atoms with Crippen molar-refractivity contribution in [2.45, 2.75) is 26.2 Å². The van der Waals surface area contributed by atoms with Gasteiger partial charge in [0, 0.05) is 23.0 Å². The molecule has 2 rings (SSSR count). The fourth-order valence-electron chi connectivity index (χ4n) is 2.04. The summed E-state index contributed by atoms with van der Waals surface area (Å²) < 4.78 is 0. The number of aromatic amines is 1. The van der Waals surface area contributed by atoms with Crippen LogP contribution in [0.5, 0.6) is 0 Å². The van der Waals surface area contributed by atoms with Gasteiger partial charge in [-0.2, -0.15) is 0 Å². The summed E-state index contributed by atoms with van der Waals surface area (Å²) >= 11 is 5.49. The fourth-order valence-corrected chi connectivity index (χ4v) is 2.18. The zero-order valence-electron chi connectivity index (χ0n) is 9.38. The minimum Gasteiger partial charge on any atom is -0.358 e. The number of halogens is 1. The van der Waals surface area contributed by atoms with Crippen molar-refractivity contribution in [3.05, 3.63) is 35.5 Å². The molecule has 0 aliphatic carbocycles. The Labute approximate surface area is 99.6 Å². The second-order valence-electron chi connectivity index (χ2n) is 4.25. The maximum Gasteiger partial charge on any atom is 0.226 e. The van der Waals surface area contributed by atoms with Crippen LogP contribution in [0.2, 0.25) is 0 Å². The molecular formula is C13H14ClNO. The van der Waals surface area contributed by atoms with E-state index >= 15 is 0 Å². The monoisotopic (exact) mass is 235 g/mol. The molecule has 0 aliphatic rings. The van der Waals surface area contributed by atoms with Crippen LogP contribution in [0.15, 0.2) is 24.3 Å². The highest BCUT2D eigenvalue weighted by Gasteiger charge is 2.15. The predicted molar refractivity (Wildman–Crippen MR) is 67.0 cm³/mol. The van der Waals surface area contributed by atoms with Gasteiger partial charge < -0.3 is 4.98 Å². The minimum absolute atomic E-state index is 0.291. The van der Waals surface area contributed by atoms with E-state index in [1.807, 2.05) is 24.3 Å². The van der Waals surface area contributed by atoms with Gasteiger partial charge in [-0.1, -0.05) is 32.0 Å². The van der Waals surface area contributed by atoms with Crippen molar-refractivity contribution in [2.75, 3.05) is 0 Å². The average Bonchev–Trinajstić information content (AvgIpc) is 2.57. The number of carbonyl (C=O) groups is 1. The van der Waals surface area contributed by atoms with E-state index in [1.54, 1.807) is 0 Å². The topological polar surface area (TPSA) is 32.9 Å². The van der Waals surface area contributed by atoms with Crippen molar-refractivity contribution in [2.24, 2.45) is 0 Å². The Morgan fingerprint density at radius 3 is 2.69 bits per heavy atom. The molecule has 0 saturated heterocycles. The van der Waals surface area contributed by atoms with Gasteiger partial charge >= 0.3 is 0 Å². The summed E-state index contributed by atoms with van der Waals surface area (Å²) in [6.45, 7) is 4.21. The molecule has 0 radical (unpaired) electrons. The summed E-state index contributed by atoms with van der Waals surface area (Å²) in [7, 11) is 0. The van der Waals surface area contributed by atoms with Crippen molar-refractivity contribution < 1.29 is 4.79 Å². The lowest BCUT2D eigenvalue weighted by molar-refractivity contribution is -0.111. The summed E-state index contributed by atoms with van der Waals surface area (Å²) in [6.07, 6.45) is 0.291. The van der Waals surface area contributed by atoms with E-state index in [-0.39, 0.29) is 5.24 Å². The molecule has 16 heavy (non-hydrogen) atoms. The van der Waals surface area contributed by atoms with Crippen LogP contribution in [-0.4, -0.2) is 10.2 Å². The molecule has 0 fully saturated rings. The van der Waals surface area contributed by atoms with E-state index < -0.39 is 0 Å². The summed E-state index contributed by atoms with van der Waals surface area (Å²) in [5, 5.41) is 0.784. The quantitative estimate of drug-likeness (QED) is 0.811. The zero-order chi connectivity index (χ0) is 11.7. The van der Waals surface area contributed by atoms with Crippen molar-refractivity contribution >= 4 is 27.7 Å². The third kappa shape index (κ3) is 1.98. The lowest BCUT2D eigenvalue weighted by Crippen LogP contribution is -1.99. The summed E-state index contributed by atoms with van der Waals surface area (Å²) in [6, 6.07) is 7.99. The van der Waals surface area contributed by atoms with Crippen LogP contribution >= 0.6 is 11.6 Å². The Morgan fingerprint density at radius 2 is 2.06 bits per heavy atom. The van der Waals surface area contributed by atoms with E-state index in [4.69, 9.17) is 11.6 Å². The SMILES string of the molecule is CC(C)c1[nH]c2ccccc2c1CC(=O)Cl. The molecule has 3 heteroatoms. The lowest BCUT2D eigenvalue weighted by atomic mass is 10.0. The third-order valence-electron chi connectivity index (χ3n) is 2.74. The molecule has 0 unspecified atom stereocenters. The highest BCUT2D eigenvalue weighted by atomic mass is 35.5. The molecular weight excluding hydrogens is 222 g/mol. The number of carbonyl (C=O) groups excluding carboxylic acids is 1. The van der Waals surface area contributed by atoms with E-state index in [0.29, 0.717) is 12.3 Å². The summed E-state index contributed by atoms with van der Waals surface area (Å²) in [4.78, 5) is 14.4. The average molecular weight is 236 g/mol. The first kappa shape index (κ1) is 11.2. The Bertz CT molecular complexity index is 528. The first-order valence-corrected chi connectivity index (χ1v) is 5.75. The highest BCUT2D eigenvalue weighted by Crippen LogP contribution is 2.28. The van der Waals surface area contributed by atoms with E-state index in [9.17, 15) is 4.79 Å². The van der Waals surface area contributed by atoms with Crippen LogP contribution < -0.4 is 0 Å². The van der Waals surface area contributed by atoms with Gasteiger partial charge in [-0.05, 0) is 29.1 Å². The van der Waals surface area contributed by atoms with Crippen LogP contribution in [0.3, 0.4) is 0 Å². The van der Waals surface area contributed by atoms with Crippen LogP contribution in [-0.2, 0) is 11.2 Å². The Hall–Kier alpha value is -1.28. The number of rotatable bonds is 3. The zero-order valence-corrected chi connectivity index (χ0v) is 10.1. The van der Waals surface area contributed by atoms with Gasteiger partial charge in [-0.15, -0.1) is 0 Å². The summed E-state index contributed by atoms with van der Waals surface area (Å²) in [5.74, 6) is 0.360. The molecule has 1 aromatic carbocycles. The number of hydrogen-bond donors (Lipinski definition) is 1. The van der Waals surface area contributed by atoms with Gasteiger partial charge in [0.2, 0.25) is 5.24 Å². The minimum atomic E-state index is -0.313. The predicted octanol–water partition coefficient (Wildman–Crippen LogP) is 3.60. The van der Waals surface area contributed by atoms with E-state index in [0.717, 1.165) is 22.2 Å². The van der Waals surface area contributed by atoms with Crippen LogP contribution in [0.1, 0.15) is 31.0 Å². The number of benzene rings is 1. The molecule has 2 aromatic rings. The Kier molecular flexibility index (Phi) is 3.01.